The molecular weight excluding hydrogens is 360 g/mol. The average molecular weight is 382 g/mol. The van der Waals surface area contributed by atoms with E-state index < -0.39 is 0 Å². The largest absolute Gasteiger partial charge is 0.489 e. The van der Waals surface area contributed by atoms with E-state index in [2.05, 4.69) is 10.6 Å². The van der Waals surface area contributed by atoms with Gasteiger partial charge < -0.3 is 20.1 Å². The molecule has 1 aliphatic rings. The minimum absolute atomic E-state index is 0.380. The molecule has 2 N–H and O–H groups in total. The molecule has 140 valence electrons. The number of carbonyl (C=O) groups excluding carboxylic acids is 1. The highest BCUT2D eigenvalue weighted by Gasteiger charge is 2.31. The van der Waals surface area contributed by atoms with Gasteiger partial charge in [0.25, 0.3) is 0 Å². The van der Waals surface area contributed by atoms with Crippen LogP contribution in [-0.4, -0.2) is 18.2 Å². The van der Waals surface area contributed by atoms with Gasteiger partial charge in [-0.05, 0) is 41.9 Å². The molecule has 27 heavy (non-hydrogen) atoms. The van der Waals surface area contributed by atoms with Crippen LogP contribution in [0.25, 0.3) is 0 Å². The average Bonchev–Trinajstić information content (AvgIpc) is 2.72. The molecule has 0 saturated carbocycles. The third-order valence-electron chi connectivity index (χ3n) is 4.35. The number of allylic oxidation sites excluding steroid dienone is 1. The van der Waals surface area contributed by atoms with Gasteiger partial charge in [-0.3, -0.25) is 0 Å². The van der Waals surface area contributed by atoms with E-state index in [1.807, 2.05) is 61.5 Å². The number of esters is 1. The molecule has 0 radical (unpaired) electrons. The third kappa shape index (κ3) is 4.46. The first-order chi connectivity index (χ1) is 13.1. The standard InChI is InChI=1S/C21H22N2O3S/c1-3-17-18(20(24)25-2)19(23-21(27)22-17)15-10-7-11-16(12-15)26-13-14-8-5-4-6-9-14/h4-12,19H,3,13H2,1-2H3,(H2,22,23,27). The summed E-state index contributed by atoms with van der Waals surface area (Å²) in [5.41, 5.74) is 3.28. The molecule has 1 unspecified atom stereocenters. The molecule has 1 aliphatic heterocycles. The fourth-order valence-corrected chi connectivity index (χ4v) is 3.26. The van der Waals surface area contributed by atoms with Crippen LogP contribution in [0.15, 0.2) is 65.9 Å². The lowest BCUT2D eigenvalue weighted by Gasteiger charge is -2.30. The second-order valence-corrected chi connectivity index (χ2v) is 6.52. The van der Waals surface area contributed by atoms with Gasteiger partial charge in [0.1, 0.15) is 12.4 Å². The van der Waals surface area contributed by atoms with E-state index in [1.54, 1.807) is 0 Å². The lowest BCUT2D eigenvalue weighted by Crippen LogP contribution is -2.45. The number of hydrogen-bond donors (Lipinski definition) is 2. The van der Waals surface area contributed by atoms with Crippen molar-refractivity contribution >= 4 is 23.3 Å². The summed E-state index contributed by atoms with van der Waals surface area (Å²) in [6, 6.07) is 17.2. The lowest BCUT2D eigenvalue weighted by atomic mass is 9.94. The molecule has 2 aromatic carbocycles. The smallest absolute Gasteiger partial charge is 0.337 e. The second-order valence-electron chi connectivity index (χ2n) is 6.12. The van der Waals surface area contributed by atoms with Crippen molar-refractivity contribution in [3.8, 4) is 5.75 Å². The van der Waals surface area contributed by atoms with E-state index in [4.69, 9.17) is 21.7 Å². The van der Waals surface area contributed by atoms with Crippen LogP contribution >= 0.6 is 12.2 Å². The Morgan fingerprint density at radius 3 is 2.63 bits per heavy atom. The Morgan fingerprint density at radius 2 is 1.93 bits per heavy atom. The predicted molar refractivity (Wildman–Crippen MR) is 108 cm³/mol. The van der Waals surface area contributed by atoms with Crippen LogP contribution in [-0.2, 0) is 16.1 Å². The molecule has 0 spiro atoms. The number of thiocarbonyl (C=S) groups is 1. The summed E-state index contributed by atoms with van der Waals surface area (Å²) in [5, 5.41) is 6.72. The zero-order valence-electron chi connectivity index (χ0n) is 15.3. The van der Waals surface area contributed by atoms with Gasteiger partial charge in [-0.25, -0.2) is 4.79 Å². The molecule has 1 heterocycles. The van der Waals surface area contributed by atoms with Crippen molar-refractivity contribution in [1.29, 1.82) is 0 Å². The number of methoxy groups -OCH3 is 1. The van der Waals surface area contributed by atoms with E-state index >= 15 is 0 Å². The fourth-order valence-electron chi connectivity index (χ4n) is 3.02. The Morgan fingerprint density at radius 1 is 1.15 bits per heavy atom. The molecule has 3 rings (SSSR count). The maximum Gasteiger partial charge on any atom is 0.337 e. The van der Waals surface area contributed by atoms with Crippen LogP contribution in [0.4, 0.5) is 0 Å². The Labute approximate surface area is 164 Å². The van der Waals surface area contributed by atoms with Crippen molar-refractivity contribution in [1.82, 2.24) is 10.6 Å². The topological polar surface area (TPSA) is 59.6 Å². The quantitative estimate of drug-likeness (QED) is 0.588. The van der Waals surface area contributed by atoms with Crippen LogP contribution in [0.2, 0.25) is 0 Å². The fraction of sp³-hybridized carbons (Fsp3) is 0.238. The summed E-state index contributed by atoms with van der Waals surface area (Å²) in [6.45, 7) is 2.44. The van der Waals surface area contributed by atoms with Crippen LogP contribution in [0.1, 0.15) is 30.5 Å². The van der Waals surface area contributed by atoms with Crippen LogP contribution in [0.3, 0.4) is 0 Å². The van der Waals surface area contributed by atoms with Crippen molar-refractivity contribution in [3.63, 3.8) is 0 Å². The van der Waals surface area contributed by atoms with E-state index in [9.17, 15) is 4.79 Å². The predicted octanol–water partition coefficient (Wildman–Crippen LogP) is 3.62. The van der Waals surface area contributed by atoms with E-state index in [1.165, 1.54) is 7.11 Å². The lowest BCUT2D eigenvalue weighted by molar-refractivity contribution is -0.136. The van der Waals surface area contributed by atoms with Gasteiger partial charge in [-0.2, -0.15) is 0 Å². The van der Waals surface area contributed by atoms with Gasteiger partial charge in [0.05, 0.1) is 18.7 Å². The van der Waals surface area contributed by atoms with Gasteiger partial charge in [0, 0.05) is 5.70 Å². The molecule has 0 amide bonds. The van der Waals surface area contributed by atoms with E-state index in [-0.39, 0.29) is 12.0 Å². The highest BCUT2D eigenvalue weighted by Crippen LogP contribution is 2.30. The SMILES string of the molecule is CCC1=C(C(=O)OC)C(c2cccc(OCc3ccccc3)c2)NC(=S)N1. The zero-order chi connectivity index (χ0) is 19.2. The van der Waals surface area contributed by atoms with Gasteiger partial charge in [-0.15, -0.1) is 0 Å². The first-order valence-electron chi connectivity index (χ1n) is 8.78. The minimum Gasteiger partial charge on any atom is -0.489 e. The summed E-state index contributed by atoms with van der Waals surface area (Å²) in [7, 11) is 1.38. The van der Waals surface area contributed by atoms with Crippen molar-refractivity contribution < 1.29 is 14.3 Å². The Bertz CT molecular complexity index is 865. The molecule has 0 fully saturated rings. The number of benzene rings is 2. The number of rotatable bonds is 6. The summed E-state index contributed by atoms with van der Waals surface area (Å²) < 4.78 is 10.9. The normalized spacial score (nSPS) is 16.4. The van der Waals surface area contributed by atoms with Crippen LogP contribution < -0.4 is 15.4 Å². The number of carbonyl (C=O) groups is 1. The summed E-state index contributed by atoms with van der Waals surface area (Å²) >= 11 is 5.31. The second kappa shape index (κ2) is 8.68. The van der Waals surface area contributed by atoms with Gasteiger partial charge in [0.2, 0.25) is 0 Å². The molecule has 0 saturated heterocycles. The summed E-state index contributed by atoms with van der Waals surface area (Å²) in [4.78, 5) is 12.4. The van der Waals surface area contributed by atoms with Crippen LogP contribution in [0, 0.1) is 0 Å². The van der Waals surface area contributed by atoms with Crippen molar-refractivity contribution in [2.24, 2.45) is 0 Å². The highest BCUT2D eigenvalue weighted by molar-refractivity contribution is 7.80. The monoisotopic (exact) mass is 382 g/mol. The summed E-state index contributed by atoms with van der Waals surface area (Å²) in [5.74, 6) is 0.347. The van der Waals surface area contributed by atoms with E-state index in [0.717, 1.165) is 22.6 Å². The molecule has 5 nitrogen and oxygen atoms in total. The van der Waals surface area contributed by atoms with Crippen molar-refractivity contribution in [2.45, 2.75) is 26.0 Å². The van der Waals surface area contributed by atoms with Gasteiger partial charge in [-0.1, -0.05) is 49.4 Å². The molecule has 0 aliphatic carbocycles. The third-order valence-corrected chi connectivity index (χ3v) is 4.57. The maximum atomic E-state index is 12.4. The molecule has 2 aromatic rings. The molecule has 6 heteroatoms. The Kier molecular flexibility index (Phi) is 6.08. The molecular formula is C21H22N2O3S. The maximum absolute atomic E-state index is 12.4. The number of nitrogens with one attached hydrogen (secondary N) is 2. The first-order valence-corrected chi connectivity index (χ1v) is 9.18. The minimum atomic E-state index is -0.388. The molecule has 0 bridgehead atoms. The highest BCUT2D eigenvalue weighted by atomic mass is 32.1. The van der Waals surface area contributed by atoms with E-state index in [0.29, 0.717) is 23.7 Å². The molecule has 1 atom stereocenters. The van der Waals surface area contributed by atoms with Crippen molar-refractivity contribution in [3.05, 3.63) is 77.0 Å². The Hall–Kier alpha value is -2.86. The van der Waals surface area contributed by atoms with Gasteiger partial charge >= 0.3 is 5.97 Å². The van der Waals surface area contributed by atoms with Crippen LogP contribution in [0.5, 0.6) is 5.75 Å². The van der Waals surface area contributed by atoms with Crippen molar-refractivity contribution in [2.75, 3.05) is 7.11 Å². The zero-order valence-corrected chi connectivity index (χ0v) is 16.1. The molecule has 0 aromatic heterocycles. The number of ether oxygens (including phenoxy) is 2. The first kappa shape index (κ1) is 18.9. The summed E-state index contributed by atoms with van der Waals surface area (Å²) in [6.07, 6.45) is 0.646. The van der Waals surface area contributed by atoms with Gasteiger partial charge in [0.15, 0.2) is 5.11 Å². The Balaban J connectivity index is 1.87. The number of hydrogen-bond acceptors (Lipinski definition) is 4.